The average Bonchev–Trinajstić information content (AvgIpc) is 3.69. The normalized spacial score (nSPS) is 14.4. The fourth-order valence-corrected chi connectivity index (χ4v) is 4.90. The van der Waals surface area contributed by atoms with E-state index in [0.717, 1.165) is 36.5 Å². The Morgan fingerprint density at radius 1 is 0.973 bits per heavy atom. The van der Waals surface area contributed by atoms with Crippen LogP contribution in [0.4, 0.5) is 5.69 Å². The predicted molar refractivity (Wildman–Crippen MR) is 139 cm³/mol. The van der Waals surface area contributed by atoms with Gasteiger partial charge in [-0.2, -0.15) is 0 Å². The molecule has 0 radical (unpaired) electrons. The molecule has 1 aliphatic carbocycles. The number of fused-ring (bicyclic) bond motifs is 1. The second-order valence-electron chi connectivity index (χ2n) is 9.26. The van der Waals surface area contributed by atoms with Gasteiger partial charge in [0, 0.05) is 11.4 Å². The molecule has 2 aromatic heterocycles. The van der Waals surface area contributed by atoms with Crippen molar-refractivity contribution in [3.63, 3.8) is 0 Å². The van der Waals surface area contributed by atoms with Crippen LogP contribution in [0, 0.1) is 6.92 Å². The molecule has 1 aliphatic rings. The molecular weight excluding hydrogens is 470 g/mol. The van der Waals surface area contributed by atoms with Gasteiger partial charge in [-0.25, -0.2) is 0 Å². The van der Waals surface area contributed by atoms with Crippen LogP contribution < -0.4 is 15.5 Å². The summed E-state index contributed by atoms with van der Waals surface area (Å²) in [7, 11) is 0. The van der Waals surface area contributed by atoms with Crippen molar-refractivity contribution in [3.8, 4) is 0 Å². The van der Waals surface area contributed by atoms with Crippen molar-refractivity contribution in [2.75, 3.05) is 11.4 Å². The van der Waals surface area contributed by atoms with E-state index in [2.05, 4.69) is 10.6 Å². The zero-order chi connectivity index (χ0) is 25.8. The first-order valence-corrected chi connectivity index (χ1v) is 12.5. The minimum Gasteiger partial charge on any atom is -0.464 e. The highest BCUT2D eigenvalue weighted by molar-refractivity contribution is 6.09. The number of nitrogens with zero attached hydrogens (tertiary/aromatic N) is 1. The Balaban J connectivity index is 1.55. The van der Waals surface area contributed by atoms with Gasteiger partial charge in [0.15, 0.2) is 11.8 Å². The number of nitrogens with one attached hydrogen (secondary N) is 2. The quantitative estimate of drug-likeness (QED) is 0.359. The van der Waals surface area contributed by atoms with Gasteiger partial charge in [0.2, 0.25) is 5.91 Å². The van der Waals surface area contributed by atoms with Gasteiger partial charge >= 0.3 is 0 Å². The van der Waals surface area contributed by atoms with Crippen LogP contribution in [0.15, 0.2) is 81.8 Å². The van der Waals surface area contributed by atoms with E-state index in [-0.39, 0.29) is 24.3 Å². The number of aryl methyl sites for hydroxylation is 1. The number of benzene rings is 2. The molecule has 2 heterocycles. The molecule has 3 amide bonds. The van der Waals surface area contributed by atoms with Gasteiger partial charge in [-0.1, -0.05) is 49.2 Å². The maximum absolute atomic E-state index is 13.9. The summed E-state index contributed by atoms with van der Waals surface area (Å²) < 4.78 is 11.1. The summed E-state index contributed by atoms with van der Waals surface area (Å²) >= 11 is 0. The van der Waals surface area contributed by atoms with Crippen LogP contribution in [-0.2, 0) is 9.59 Å². The highest BCUT2D eigenvalue weighted by Crippen LogP contribution is 2.35. The molecule has 1 saturated carbocycles. The molecule has 190 valence electrons. The maximum Gasteiger partial charge on any atom is 0.287 e. The van der Waals surface area contributed by atoms with Crippen LogP contribution >= 0.6 is 0 Å². The van der Waals surface area contributed by atoms with E-state index in [1.165, 1.54) is 17.2 Å². The van der Waals surface area contributed by atoms with Crippen LogP contribution in [0.5, 0.6) is 0 Å². The lowest BCUT2D eigenvalue weighted by Gasteiger charge is -2.31. The van der Waals surface area contributed by atoms with Crippen LogP contribution in [0.2, 0.25) is 0 Å². The highest BCUT2D eigenvalue weighted by atomic mass is 16.3. The molecule has 5 rings (SSSR count). The second-order valence-corrected chi connectivity index (χ2v) is 9.26. The maximum atomic E-state index is 13.9. The summed E-state index contributed by atoms with van der Waals surface area (Å²) in [5, 5.41) is 7.48. The highest BCUT2D eigenvalue weighted by Gasteiger charge is 2.37. The summed E-state index contributed by atoms with van der Waals surface area (Å²) in [5.41, 5.74) is 0.552. The van der Waals surface area contributed by atoms with Crippen molar-refractivity contribution >= 4 is 34.2 Å². The number of rotatable bonds is 8. The summed E-state index contributed by atoms with van der Waals surface area (Å²) in [6, 6.07) is 18.9. The van der Waals surface area contributed by atoms with Crippen molar-refractivity contribution in [1.82, 2.24) is 10.6 Å². The fraction of sp³-hybridized carbons (Fsp3) is 0.276. The number of carbonyl (C=O) groups is 3. The molecule has 0 aliphatic heterocycles. The molecule has 1 atom stereocenters. The molecule has 37 heavy (non-hydrogen) atoms. The SMILES string of the molecule is Cc1ccc(C(C(=O)NC2CCCC2)N(C(=O)CNC(=O)c2ccco2)c2cccc3ccccc23)o1. The molecule has 8 nitrogen and oxygen atoms in total. The zero-order valence-electron chi connectivity index (χ0n) is 20.6. The summed E-state index contributed by atoms with van der Waals surface area (Å²) in [6.45, 7) is 1.46. The molecule has 0 saturated heterocycles. The third-order valence-corrected chi connectivity index (χ3v) is 6.68. The van der Waals surface area contributed by atoms with E-state index in [1.54, 1.807) is 31.2 Å². The lowest BCUT2D eigenvalue weighted by molar-refractivity contribution is -0.127. The minimum atomic E-state index is -1.06. The summed E-state index contributed by atoms with van der Waals surface area (Å²) in [6.07, 6.45) is 5.30. The topological polar surface area (TPSA) is 105 Å². The van der Waals surface area contributed by atoms with Crippen molar-refractivity contribution in [1.29, 1.82) is 0 Å². The number of anilines is 1. The van der Waals surface area contributed by atoms with Crippen molar-refractivity contribution < 1.29 is 23.2 Å². The Labute approximate surface area is 214 Å². The molecule has 2 aromatic carbocycles. The summed E-state index contributed by atoms with van der Waals surface area (Å²) in [4.78, 5) is 41.7. The van der Waals surface area contributed by atoms with Crippen LogP contribution in [0.25, 0.3) is 10.8 Å². The Bertz CT molecular complexity index is 1400. The third kappa shape index (κ3) is 5.28. The van der Waals surface area contributed by atoms with Crippen molar-refractivity contribution in [2.24, 2.45) is 0 Å². The number of hydrogen-bond donors (Lipinski definition) is 2. The van der Waals surface area contributed by atoms with Crippen molar-refractivity contribution in [3.05, 3.63) is 90.3 Å². The zero-order valence-corrected chi connectivity index (χ0v) is 20.6. The Hall–Kier alpha value is -4.33. The van der Waals surface area contributed by atoms with E-state index in [4.69, 9.17) is 8.83 Å². The molecule has 1 unspecified atom stereocenters. The Kier molecular flexibility index (Phi) is 7.07. The first kappa shape index (κ1) is 24.4. The predicted octanol–water partition coefficient (Wildman–Crippen LogP) is 4.90. The molecule has 8 heteroatoms. The second kappa shape index (κ2) is 10.7. The first-order chi connectivity index (χ1) is 18.0. The van der Waals surface area contributed by atoms with Gasteiger partial charge in [-0.05, 0) is 55.5 Å². The molecule has 0 bridgehead atoms. The van der Waals surface area contributed by atoms with Gasteiger partial charge in [0.05, 0.1) is 18.5 Å². The number of hydrogen-bond acceptors (Lipinski definition) is 5. The third-order valence-electron chi connectivity index (χ3n) is 6.68. The molecule has 4 aromatic rings. The smallest absolute Gasteiger partial charge is 0.287 e. The fourth-order valence-electron chi connectivity index (χ4n) is 4.90. The van der Waals surface area contributed by atoms with E-state index < -0.39 is 17.9 Å². The molecular formula is C29H29N3O5. The summed E-state index contributed by atoms with van der Waals surface area (Å²) in [5.74, 6) is -0.216. The Morgan fingerprint density at radius 3 is 2.49 bits per heavy atom. The van der Waals surface area contributed by atoms with Crippen LogP contribution in [-0.4, -0.2) is 30.3 Å². The van der Waals surface area contributed by atoms with E-state index in [9.17, 15) is 14.4 Å². The number of carbonyl (C=O) groups excluding carboxylic acids is 3. The van der Waals surface area contributed by atoms with Gasteiger partial charge in [-0.15, -0.1) is 0 Å². The van der Waals surface area contributed by atoms with Crippen molar-refractivity contribution in [2.45, 2.75) is 44.7 Å². The monoisotopic (exact) mass is 499 g/mol. The average molecular weight is 500 g/mol. The van der Waals surface area contributed by atoms with Crippen LogP contribution in [0.3, 0.4) is 0 Å². The molecule has 0 spiro atoms. The first-order valence-electron chi connectivity index (χ1n) is 12.5. The standard InChI is InChI=1S/C29H29N3O5/c1-19-15-16-24(37-19)27(29(35)31-21-10-3-4-11-21)32(23-13-6-9-20-8-2-5-12-22(20)23)26(33)18-30-28(34)25-14-7-17-36-25/h2,5-9,12-17,21,27H,3-4,10-11,18H2,1H3,(H,30,34)(H,31,35). The lowest BCUT2D eigenvalue weighted by atomic mass is 10.0. The van der Waals surface area contributed by atoms with Gasteiger partial charge in [0.1, 0.15) is 11.5 Å². The largest absolute Gasteiger partial charge is 0.464 e. The van der Waals surface area contributed by atoms with E-state index in [0.29, 0.717) is 17.2 Å². The van der Waals surface area contributed by atoms with Gasteiger partial charge < -0.3 is 19.5 Å². The van der Waals surface area contributed by atoms with E-state index >= 15 is 0 Å². The van der Waals surface area contributed by atoms with Gasteiger partial charge in [0.25, 0.3) is 11.8 Å². The number of furan rings is 2. The molecule has 1 fully saturated rings. The van der Waals surface area contributed by atoms with Gasteiger partial charge in [-0.3, -0.25) is 19.3 Å². The lowest BCUT2D eigenvalue weighted by Crippen LogP contribution is -2.49. The molecule has 2 N–H and O–H groups in total. The van der Waals surface area contributed by atoms with Crippen LogP contribution in [0.1, 0.15) is 53.8 Å². The number of amides is 3. The Morgan fingerprint density at radius 2 is 1.76 bits per heavy atom. The van der Waals surface area contributed by atoms with E-state index in [1.807, 2.05) is 36.4 Å². The minimum absolute atomic E-state index is 0.0502.